The summed E-state index contributed by atoms with van der Waals surface area (Å²) in [5.74, 6) is 2.30. The largest absolute Gasteiger partial charge is 0.490 e. The van der Waals surface area contributed by atoms with Crippen LogP contribution in [0.3, 0.4) is 0 Å². The van der Waals surface area contributed by atoms with Gasteiger partial charge < -0.3 is 19.5 Å². The molecule has 37 heavy (non-hydrogen) atoms. The molecule has 1 atom stereocenters. The zero-order valence-corrected chi connectivity index (χ0v) is 22.9. The molecule has 2 aromatic carbocycles. The first-order chi connectivity index (χ1) is 18.0. The molecule has 2 heterocycles. The topological polar surface area (TPSA) is 87.5 Å². The summed E-state index contributed by atoms with van der Waals surface area (Å²) in [6.45, 7) is 11.1. The van der Waals surface area contributed by atoms with Gasteiger partial charge in [-0.2, -0.15) is 4.98 Å². The van der Waals surface area contributed by atoms with E-state index in [2.05, 4.69) is 36.3 Å². The lowest BCUT2D eigenvalue weighted by atomic mass is 9.95. The number of aromatic nitrogens is 3. The number of rotatable bonds is 11. The third-order valence-electron chi connectivity index (χ3n) is 5.99. The third-order valence-corrected chi connectivity index (χ3v) is 6.71. The molecular formula is C28H34N4O4S. The molecule has 8 nitrogen and oxygen atoms in total. The van der Waals surface area contributed by atoms with Crippen LogP contribution in [0.4, 0.5) is 5.95 Å². The minimum Gasteiger partial charge on any atom is -0.490 e. The molecule has 4 rings (SSSR count). The Labute approximate surface area is 222 Å². The highest BCUT2D eigenvalue weighted by Crippen LogP contribution is 2.40. The number of nitrogens with zero attached hydrogens (tertiary/aromatic N) is 3. The first-order valence-electron chi connectivity index (χ1n) is 12.6. The molecule has 0 amide bonds. The summed E-state index contributed by atoms with van der Waals surface area (Å²) in [5.41, 5.74) is 4.30. The van der Waals surface area contributed by atoms with Gasteiger partial charge in [0.1, 0.15) is 12.6 Å². The maximum atomic E-state index is 13.2. The van der Waals surface area contributed by atoms with E-state index in [4.69, 9.17) is 19.3 Å². The van der Waals surface area contributed by atoms with Gasteiger partial charge in [-0.15, -0.1) is 5.10 Å². The van der Waals surface area contributed by atoms with Gasteiger partial charge in [0.15, 0.2) is 11.5 Å². The number of hydrogen-bond acceptors (Lipinski definition) is 8. The number of anilines is 1. The molecule has 0 saturated carbocycles. The fourth-order valence-corrected chi connectivity index (χ4v) is 4.73. The molecular weight excluding hydrogens is 488 g/mol. The fraction of sp³-hybridized carbons (Fsp3) is 0.393. The first kappa shape index (κ1) is 26.6. The second-order valence-corrected chi connectivity index (χ2v) is 9.88. The number of fused-ring (bicyclic) bond motifs is 1. The average molecular weight is 523 g/mol. The van der Waals surface area contributed by atoms with E-state index in [-0.39, 0.29) is 5.97 Å². The van der Waals surface area contributed by atoms with Crippen molar-refractivity contribution < 1.29 is 19.0 Å². The number of ether oxygens (including phenoxy) is 3. The number of carbonyl (C=O) groups is 1. The molecule has 0 fully saturated rings. The van der Waals surface area contributed by atoms with Gasteiger partial charge in [-0.3, -0.25) is 0 Å². The van der Waals surface area contributed by atoms with Crippen molar-refractivity contribution in [3.05, 3.63) is 70.4 Å². The van der Waals surface area contributed by atoms with Gasteiger partial charge >= 0.3 is 5.97 Å². The Hall–Kier alpha value is -3.46. The van der Waals surface area contributed by atoms with E-state index in [1.54, 1.807) is 16.4 Å². The number of carbonyl (C=O) groups excluding carboxylic acids is 1. The lowest BCUT2D eigenvalue weighted by Gasteiger charge is -2.28. The quantitative estimate of drug-likeness (QED) is 0.245. The lowest BCUT2D eigenvalue weighted by Crippen LogP contribution is -2.29. The summed E-state index contributed by atoms with van der Waals surface area (Å²) in [6.07, 6.45) is 0.740. The van der Waals surface area contributed by atoms with Crippen molar-refractivity contribution in [3.63, 3.8) is 0 Å². The van der Waals surface area contributed by atoms with Gasteiger partial charge in [0, 0.05) is 5.70 Å². The molecule has 0 spiro atoms. The maximum Gasteiger partial charge on any atom is 0.338 e. The second kappa shape index (κ2) is 12.2. The SMILES string of the molecule is CCCOC(=O)C1=C(C)Nc2nc(SCC)nn2C1c1ccc(OCc2ccccc2C)c(OCC)c1. The minimum atomic E-state index is -0.524. The number of aryl methyl sites for hydroxylation is 1. The highest BCUT2D eigenvalue weighted by molar-refractivity contribution is 7.99. The molecule has 3 aromatic rings. The van der Waals surface area contributed by atoms with Crippen molar-refractivity contribution in [2.45, 2.75) is 58.8 Å². The van der Waals surface area contributed by atoms with Crippen molar-refractivity contribution in [1.82, 2.24) is 14.8 Å². The van der Waals surface area contributed by atoms with Gasteiger partial charge in [0.05, 0.1) is 18.8 Å². The molecule has 0 aliphatic carbocycles. The summed E-state index contributed by atoms with van der Waals surface area (Å²) >= 11 is 1.55. The Morgan fingerprint density at radius 2 is 1.89 bits per heavy atom. The summed E-state index contributed by atoms with van der Waals surface area (Å²) < 4.78 is 19.5. The first-order valence-corrected chi connectivity index (χ1v) is 13.6. The molecule has 1 aliphatic heterocycles. The van der Waals surface area contributed by atoms with Crippen LogP contribution in [-0.4, -0.2) is 39.7 Å². The molecule has 1 N–H and O–H groups in total. The molecule has 0 bridgehead atoms. The molecule has 196 valence electrons. The molecule has 0 saturated heterocycles. The number of hydrogen-bond donors (Lipinski definition) is 1. The van der Waals surface area contributed by atoms with Crippen LogP contribution in [0.25, 0.3) is 0 Å². The third kappa shape index (κ3) is 5.93. The van der Waals surface area contributed by atoms with Crippen LogP contribution in [0.1, 0.15) is 56.8 Å². The number of benzene rings is 2. The van der Waals surface area contributed by atoms with Crippen molar-refractivity contribution >= 4 is 23.7 Å². The number of allylic oxidation sites excluding steroid dienone is 1. The highest BCUT2D eigenvalue weighted by Gasteiger charge is 2.35. The standard InChI is InChI=1S/C28H34N4O4S/c1-6-15-35-26(33)24-19(5)29-27-30-28(37-8-3)31-32(27)25(24)20-13-14-22(23(16-20)34-7-2)36-17-21-12-10-9-11-18(21)4/h9-14,16,25H,6-8,15,17H2,1-5H3,(H,29,30,31). The van der Waals surface area contributed by atoms with E-state index >= 15 is 0 Å². The second-order valence-electron chi connectivity index (χ2n) is 8.65. The molecule has 0 radical (unpaired) electrons. The minimum absolute atomic E-state index is 0.347. The summed E-state index contributed by atoms with van der Waals surface area (Å²) in [5, 5.41) is 8.61. The van der Waals surface area contributed by atoms with Crippen LogP contribution < -0.4 is 14.8 Å². The number of thioether (sulfide) groups is 1. The Morgan fingerprint density at radius 1 is 1.08 bits per heavy atom. The zero-order chi connectivity index (χ0) is 26.4. The van der Waals surface area contributed by atoms with Crippen LogP contribution in [0.2, 0.25) is 0 Å². The predicted molar refractivity (Wildman–Crippen MR) is 145 cm³/mol. The van der Waals surface area contributed by atoms with Crippen LogP contribution in [0.5, 0.6) is 11.5 Å². The summed E-state index contributed by atoms with van der Waals surface area (Å²) in [4.78, 5) is 17.9. The normalized spacial score (nSPS) is 14.7. The fourth-order valence-electron chi connectivity index (χ4n) is 4.18. The Morgan fingerprint density at radius 3 is 2.62 bits per heavy atom. The zero-order valence-electron chi connectivity index (χ0n) is 22.0. The van der Waals surface area contributed by atoms with Crippen molar-refractivity contribution in [2.24, 2.45) is 0 Å². The van der Waals surface area contributed by atoms with E-state index < -0.39 is 6.04 Å². The van der Waals surface area contributed by atoms with Gasteiger partial charge in [0.25, 0.3) is 0 Å². The van der Waals surface area contributed by atoms with Gasteiger partial charge in [-0.25, -0.2) is 9.48 Å². The van der Waals surface area contributed by atoms with E-state index in [1.807, 2.05) is 51.1 Å². The van der Waals surface area contributed by atoms with Crippen molar-refractivity contribution in [2.75, 3.05) is 24.3 Å². The molecule has 1 unspecified atom stereocenters. The molecule has 1 aliphatic rings. The smallest absolute Gasteiger partial charge is 0.338 e. The van der Waals surface area contributed by atoms with Crippen LogP contribution in [0.15, 0.2) is 58.9 Å². The maximum absolute atomic E-state index is 13.2. The van der Waals surface area contributed by atoms with Crippen LogP contribution in [0, 0.1) is 6.92 Å². The Bertz CT molecular complexity index is 1290. The summed E-state index contributed by atoms with van der Waals surface area (Å²) in [7, 11) is 0. The average Bonchev–Trinajstić information content (AvgIpc) is 3.28. The van der Waals surface area contributed by atoms with Crippen molar-refractivity contribution in [1.29, 1.82) is 0 Å². The number of esters is 1. The summed E-state index contributed by atoms with van der Waals surface area (Å²) in [6, 6.07) is 13.4. The highest BCUT2D eigenvalue weighted by atomic mass is 32.2. The van der Waals surface area contributed by atoms with E-state index in [1.165, 1.54) is 5.56 Å². The van der Waals surface area contributed by atoms with E-state index in [0.29, 0.717) is 53.7 Å². The van der Waals surface area contributed by atoms with Gasteiger partial charge in [-0.1, -0.05) is 55.9 Å². The van der Waals surface area contributed by atoms with E-state index in [0.717, 1.165) is 23.3 Å². The number of nitrogens with one attached hydrogen (secondary N) is 1. The van der Waals surface area contributed by atoms with Crippen molar-refractivity contribution in [3.8, 4) is 11.5 Å². The lowest BCUT2D eigenvalue weighted by molar-refractivity contribution is -0.139. The predicted octanol–water partition coefficient (Wildman–Crippen LogP) is 5.92. The molecule has 1 aromatic heterocycles. The van der Waals surface area contributed by atoms with Gasteiger partial charge in [-0.05, 0) is 61.8 Å². The monoisotopic (exact) mass is 522 g/mol. The Kier molecular flexibility index (Phi) is 8.76. The van der Waals surface area contributed by atoms with Crippen LogP contribution >= 0.6 is 11.8 Å². The van der Waals surface area contributed by atoms with E-state index in [9.17, 15) is 4.79 Å². The van der Waals surface area contributed by atoms with Gasteiger partial charge in [0.2, 0.25) is 11.1 Å². The molecule has 9 heteroatoms. The van der Waals surface area contributed by atoms with Crippen LogP contribution in [-0.2, 0) is 16.1 Å². The Balaban J connectivity index is 1.73.